The number of hydrogen-bond donors (Lipinski definition) is 2. The number of benzene rings is 1. The third-order valence-electron chi connectivity index (χ3n) is 4.14. The number of hydrogen-bond acceptors (Lipinski definition) is 3. The molecule has 120 valence electrons. The number of aryl methyl sites for hydroxylation is 1. The van der Waals surface area contributed by atoms with Crippen LogP contribution in [0.25, 0.3) is 0 Å². The maximum Gasteiger partial charge on any atom is 0.313 e. The molecule has 2 rings (SSSR count). The van der Waals surface area contributed by atoms with Crippen LogP contribution in [0, 0.1) is 18.7 Å². The molecule has 1 heterocycles. The lowest BCUT2D eigenvalue weighted by Gasteiger charge is -2.32. The van der Waals surface area contributed by atoms with Crippen LogP contribution in [-0.4, -0.2) is 41.0 Å². The number of aliphatic hydroxyl groups is 1. The number of nitrogens with zero attached hydrogens (tertiary/aromatic N) is 1. The van der Waals surface area contributed by atoms with Gasteiger partial charge in [-0.3, -0.25) is 9.59 Å². The number of carbonyl (C=O) groups excluding carboxylic acids is 2. The van der Waals surface area contributed by atoms with E-state index in [1.165, 1.54) is 23.1 Å². The highest BCUT2D eigenvalue weighted by molar-refractivity contribution is 6.39. The molecule has 0 aromatic heterocycles. The second-order valence-corrected chi connectivity index (χ2v) is 5.78. The van der Waals surface area contributed by atoms with Crippen molar-refractivity contribution >= 4 is 17.5 Å². The van der Waals surface area contributed by atoms with Gasteiger partial charge in [0.05, 0.1) is 6.10 Å². The van der Waals surface area contributed by atoms with E-state index in [-0.39, 0.29) is 11.7 Å². The average Bonchev–Trinajstić information content (AvgIpc) is 2.49. The van der Waals surface area contributed by atoms with Crippen LogP contribution in [0.2, 0.25) is 0 Å². The Morgan fingerprint density at radius 3 is 2.55 bits per heavy atom. The quantitative estimate of drug-likeness (QED) is 0.817. The van der Waals surface area contributed by atoms with E-state index in [9.17, 15) is 19.1 Å². The number of carbonyl (C=O) groups is 2. The van der Waals surface area contributed by atoms with Crippen molar-refractivity contribution in [1.29, 1.82) is 0 Å². The molecule has 0 radical (unpaired) electrons. The van der Waals surface area contributed by atoms with Gasteiger partial charge in [-0.2, -0.15) is 0 Å². The van der Waals surface area contributed by atoms with Crippen LogP contribution >= 0.6 is 0 Å². The molecule has 1 fully saturated rings. The molecule has 2 N–H and O–H groups in total. The van der Waals surface area contributed by atoms with E-state index >= 15 is 0 Å². The molecule has 6 heteroatoms. The fourth-order valence-electron chi connectivity index (χ4n) is 2.67. The summed E-state index contributed by atoms with van der Waals surface area (Å²) in [6.07, 6.45) is 0.978. The summed E-state index contributed by atoms with van der Waals surface area (Å²) in [5, 5.41) is 12.1. The molecule has 1 unspecified atom stereocenters. The summed E-state index contributed by atoms with van der Waals surface area (Å²) >= 11 is 0. The van der Waals surface area contributed by atoms with Gasteiger partial charge in [0.15, 0.2) is 0 Å². The van der Waals surface area contributed by atoms with Crippen molar-refractivity contribution in [3.05, 3.63) is 29.6 Å². The van der Waals surface area contributed by atoms with Crippen LogP contribution in [0.3, 0.4) is 0 Å². The Balaban J connectivity index is 1.94. The molecular formula is C16H21FN2O3. The van der Waals surface area contributed by atoms with Crippen LogP contribution < -0.4 is 5.32 Å². The number of halogens is 1. The van der Waals surface area contributed by atoms with Crippen LogP contribution in [0.15, 0.2) is 18.2 Å². The highest BCUT2D eigenvalue weighted by Gasteiger charge is 2.28. The monoisotopic (exact) mass is 308 g/mol. The summed E-state index contributed by atoms with van der Waals surface area (Å²) in [7, 11) is 0. The fourth-order valence-corrected chi connectivity index (χ4v) is 2.67. The lowest BCUT2D eigenvalue weighted by Crippen LogP contribution is -2.45. The highest BCUT2D eigenvalue weighted by Crippen LogP contribution is 2.21. The molecule has 1 saturated heterocycles. The largest absolute Gasteiger partial charge is 0.393 e. The molecule has 2 amide bonds. The maximum absolute atomic E-state index is 13.0. The molecule has 22 heavy (non-hydrogen) atoms. The number of nitrogens with one attached hydrogen (secondary N) is 1. The van der Waals surface area contributed by atoms with Crippen molar-refractivity contribution in [3.8, 4) is 0 Å². The fraction of sp³-hybridized carbons (Fsp3) is 0.500. The summed E-state index contributed by atoms with van der Waals surface area (Å²) in [5.41, 5.74) is 0.993. The van der Waals surface area contributed by atoms with Crippen LogP contribution in [0.5, 0.6) is 0 Å². The van der Waals surface area contributed by atoms with E-state index in [2.05, 4.69) is 5.32 Å². The summed E-state index contributed by atoms with van der Waals surface area (Å²) in [6.45, 7) is 4.33. The Morgan fingerprint density at radius 2 is 2.00 bits per heavy atom. The molecular weight excluding hydrogens is 287 g/mol. The van der Waals surface area contributed by atoms with Gasteiger partial charge in [-0.05, 0) is 56.4 Å². The first-order valence-corrected chi connectivity index (χ1v) is 7.43. The van der Waals surface area contributed by atoms with E-state index in [0.717, 1.165) is 0 Å². The summed E-state index contributed by atoms with van der Waals surface area (Å²) in [5.74, 6) is -1.52. The Bertz CT molecular complexity index is 567. The lowest BCUT2D eigenvalue weighted by atomic mass is 9.92. The van der Waals surface area contributed by atoms with Gasteiger partial charge in [0.25, 0.3) is 0 Å². The van der Waals surface area contributed by atoms with Crippen molar-refractivity contribution in [2.75, 3.05) is 18.4 Å². The number of piperidine rings is 1. The summed E-state index contributed by atoms with van der Waals surface area (Å²) in [4.78, 5) is 25.6. The molecule has 0 aliphatic carbocycles. The van der Waals surface area contributed by atoms with Gasteiger partial charge in [-0.15, -0.1) is 0 Å². The van der Waals surface area contributed by atoms with Crippen molar-refractivity contribution in [2.24, 2.45) is 5.92 Å². The second-order valence-electron chi connectivity index (χ2n) is 5.78. The number of likely N-dealkylation sites (tertiary alicyclic amines) is 1. The highest BCUT2D eigenvalue weighted by atomic mass is 19.1. The SMILES string of the molecule is Cc1cc(F)ccc1NC(=O)C(=O)N1CCC(C(C)O)CC1. The second kappa shape index (κ2) is 6.87. The predicted octanol–water partition coefficient (Wildman–Crippen LogP) is 1.69. The topological polar surface area (TPSA) is 69.6 Å². The zero-order valence-corrected chi connectivity index (χ0v) is 12.8. The first kappa shape index (κ1) is 16.4. The average molecular weight is 308 g/mol. The van der Waals surface area contributed by atoms with E-state index in [1.807, 2.05) is 0 Å². The van der Waals surface area contributed by atoms with Crippen molar-refractivity contribution < 1.29 is 19.1 Å². The van der Waals surface area contributed by atoms with Crippen molar-refractivity contribution in [1.82, 2.24) is 4.90 Å². The maximum atomic E-state index is 13.0. The van der Waals surface area contributed by atoms with Crippen LogP contribution in [-0.2, 0) is 9.59 Å². The molecule has 0 spiro atoms. The van der Waals surface area contributed by atoms with E-state index in [1.54, 1.807) is 13.8 Å². The van der Waals surface area contributed by atoms with Gasteiger partial charge in [0, 0.05) is 18.8 Å². The van der Waals surface area contributed by atoms with Gasteiger partial charge in [-0.1, -0.05) is 0 Å². The molecule has 0 bridgehead atoms. The number of anilines is 1. The molecule has 1 aliphatic rings. The number of aliphatic hydroxyl groups excluding tert-OH is 1. The van der Waals surface area contributed by atoms with Crippen LogP contribution in [0.4, 0.5) is 10.1 Å². The zero-order chi connectivity index (χ0) is 16.3. The minimum Gasteiger partial charge on any atom is -0.393 e. The molecule has 1 aliphatic heterocycles. The Kier molecular flexibility index (Phi) is 5.13. The van der Waals surface area contributed by atoms with Gasteiger partial charge < -0.3 is 15.3 Å². The van der Waals surface area contributed by atoms with E-state index in [0.29, 0.717) is 37.2 Å². The minimum atomic E-state index is -0.717. The van der Waals surface area contributed by atoms with Gasteiger partial charge in [0.1, 0.15) is 5.82 Å². The van der Waals surface area contributed by atoms with Crippen LogP contribution in [0.1, 0.15) is 25.3 Å². The Morgan fingerprint density at radius 1 is 1.36 bits per heavy atom. The van der Waals surface area contributed by atoms with Crippen molar-refractivity contribution in [3.63, 3.8) is 0 Å². The first-order chi connectivity index (χ1) is 10.4. The molecule has 0 saturated carbocycles. The number of rotatable bonds is 2. The summed E-state index contributed by atoms with van der Waals surface area (Å²) < 4.78 is 13.0. The van der Waals surface area contributed by atoms with Crippen molar-refractivity contribution in [2.45, 2.75) is 32.8 Å². The summed E-state index contributed by atoms with van der Waals surface area (Å²) in [6, 6.07) is 3.98. The van der Waals surface area contributed by atoms with Gasteiger partial charge in [-0.25, -0.2) is 4.39 Å². The zero-order valence-electron chi connectivity index (χ0n) is 12.8. The molecule has 5 nitrogen and oxygen atoms in total. The Labute approximate surface area is 129 Å². The standard InChI is InChI=1S/C16H21FN2O3/c1-10-9-13(17)3-4-14(10)18-15(21)16(22)19-7-5-12(6-8-19)11(2)20/h3-4,9,11-12,20H,5-8H2,1-2H3,(H,18,21). The molecule has 1 aromatic carbocycles. The number of amides is 2. The predicted molar refractivity (Wildman–Crippen MR) is 80.8 cm³/mol. The smallest absolute Gasteiger partial charge is 0.313 e. The molecule has 1 atom stereocenters. The van der Waals surface area contributed by atoms with E-state index in [4.69, 9.17) is 0 Å². The van der Waals surface area contributed by atoms with E-state index < -0.39 is 17.9 Å². The molecule has 1 aromatic rings. The van der Waals surface area contributed by atoms with Gasteiger partial charge in [0.2, 0.25) is 0 Å². The Hall–Kier alpha value is -1.95. The minimum absolute atomic E-state index is 0.173. The first-order valence-electron chi connectivity index (χ1n) is 7.43. The normalized spacial score (nSPS) is 17.2. The lowest BCUT2D eigenvalue weighted by molar-refractivity contribution is -0.144. The van der Waals surface area contributed by atoms with Gasteiger partial charge >= 0.3 is 11.8 Å². The third-order valence-corrected chi connectivity index (χ3v) is 4.14. The third kappa shape index (κ3) is 3.82.